The molecule has 0 radical (unpaired) electrons. The molecule has 6 rings (SSSR count). The number of benzene rings is 4. The van der Waals surface area contributed by atoms with Crippen LogP contribution in [0.15, 0.2) is 107 Å². The molecule has 0 bridgehead atoms. The van der Waals surface area contributed by atoms with Crippen LogP contribution in [0.5, 0.6) is 17.2 Å². The van der Waals surface area contributed by atoms with Crippen LogP contribution in [-0.2, 0) is 15.3 Å². The molecule has 45 heavy (non-hydrogen) atoms. The number of para-hydroxylation sites is 1. The van der Waals surface area contributed by atoms with Gasteiger partial charge in [-0.05, 0) is 59.7 Å². The van der Waals surface area contributed by atoms with Crippen LogP contribution in [0.2, 0.25) is 0 Å². The van der Waals surface area contributed by atoms with Gasteiger partial charge in [0.05, 0.1) is 18.7 Å². The molecule has 8 nitrogen and oxygen atoms in total. The van der Waals surface area contributed by atoms with E-state index in [4.69, 9.17) is 9.47 Å². The number of thioether (sulfide) groups is 1. The summed E-state index contributed by atoms with van der Waals surface area (Å²) in [6.07, 6.45) is 0. The normalized spacial score (nSPS) is 15.8. The number of aliphatic hydroxyl groups is 1. The number of Topliss-reactive ketones (excluding diaryl/α,β-unsaturated/α-hetero) is 1. The van der Waals surface area contributed by atoms with Crippen molar-refractivity contribution in [3.63, 3.8) is 0 Å². The summed E-state index contributed by atoms with van der Waals surface area (Å²) in [6.45, 7) is 0. The number of hydrogen-bond acceptors (Lipinski definition) is 9. The Kier molecular flexibility index (Phi) is 8.58. The van der Waals surface area contributed by atoms with E-state index in [9.17, 15) is 23.5 Å². The van der Waals surface area contributed by atoms with Crippen molar-refractivity contribution in [2.24, 2.45) is 0 Å². The zero-order valence-electron chi connectivity index (χ0n) is 23.5. The molecule has 226 valence electrons. The van der Waals surface area contributed by atoms with Gasteiger partial charge in [0.15, 0.2) is 15.9 Å². The Balaban J connectivity index is 1.41. The van der Waals surface area contributed by atoms with E-state index in [2.05, 4.69) is 10.2 Å². The highest BCUT2D eigenvalue weighted by Gasteiger charge is 2.48. The van der Waals surface area contributed by atoms with Gasteiger partial charge in [-0.25, -0.2) is 8.78 Å². The summed E-state index contributed by atoms with van der Waals surface area (Å²) in [5.74, 6) is -2.43. The molecule has 5 aromatic rings. The van der Waals surface area contributed by atoms with Crippen molar-refractivity contribution in [1.29, 1.82) is 0 Å². The minimum Gasteiger partial charge on any atom is -0.507 e. The van der Waals surface area contributed by atoms with E-state index in [0.717, 1.165) is 22.3 Å². The van der Waals surface area contributed by atoms with Gasteiger partial charge in [-0.15, -0.1) is 10.2 Å². The van der Waals surface area contributed by atoms with Crippen molar-refractivity contribution in [1.82, 2.24) is 10.2 Å². The number of aromatic nitrogens is 2. The Morgan fingerprint density at radius 2 is 1.67 bits per heavy atom. The predicted octanol–water partition coefficient (Wildman–Crippen LogP) is 7.54. The number of ketones is 1. The largest absolute Gasteiger partial charge is 0.507 e. The number of hydrogen-bond donors (Lipinski definition) is 1. The number of nitrogens with zero attached hydrogens (tertiary/aromatic N) is 3. The third-order valence-corrected chi connectivity index (χ3v) is 9.04. The lowest BCUT2D eigenvalue weighted by atomic mass is 9.95. The molecule has 1 amide bonds. The summed E-state index contributed by atoms with van der Waals surface area (Å²) >= 11 is 2.27. The molecule has 0 aliphatic carbocycles. The number of ether oxygens (including phenoxy) is 2. The maximum absolute atomic E-state index is 14.6. The highest BCUT2D eigenvalue weighted by molar-refractivity contribution is 8.00. The van der Waals surface area contributed by atoms with Crippen molar-refractivity contribution >= 4 is 45.7 Å². The van der Waals surface area contributed by atoms with E-state index in [-0.39, 0.29) is 33.6 Å². The number of carbonyl (C=O) groups excluding carboxylic acids is 2. The summed E-state index contributed by atoms with van der Waals surface area (Å²) in [7, 11) is 1.30. The topological polar surface area (TPSA) is 102 Å². The Morgan fingerprint density at radius 3 is 2.42 bits per heavy atom. The summed E-state index contributed by atoms with van der Waals surface area (Å²) in [5.41, 5.74) is 0.610. The minimum atomic E-state index is -1.16. The molecule has 1 unspecified atom stereocenters. The maximum Gasteiger partial charge on any atom is 0.301 e. The van der Waals surface area contributed by atoms with Crippen LogP contribution in [-0.4, -0.2) is 34.1 Å². The van der Waals surface area contributed by atoms with Crippen LogP contribution in [0.3, 0.4) is 0 Å². The van der Waals surface area contributed by atoms with Gasteiger partial charge < -0.3 is 14.6 Å². The van der Waals surface area contributed by atoms with Crippen molar-refractivity contribution in [3.05, 3.63) is 131 Å². The number of anilines is 1. The van der Waals surface area contributed by atoms with Crippen LogP contribution in [0, 0.1) is 11.6 Å². The fourth-order valence-electron chi connectivity index (χ4n) is 4.80. The van der Waals surface area contributed by atoms with Gasteiger partial charge in [-0.3, -0.25) is 14.5 Å². The molecule has 0 saturated carbocycles. The fourth-order valence-corrected chi connectivity index (χ4v) is 6.65. The van der Waals surface area contributed by atoms with Gasteiger partial charge in [-0.2, -0.15) is 0 Å². The number of aliphatic hydroxyl groups excluding tert-OH is 1. The van der Waals surface area contributed by atoms with E-state index >= 15 is 0 Å². The van der Waals surface area contributed by atoms with Gasteiger partial charge in [0.1, 0.15) is 23.1 Å². The van der Waals surface area contributed by atoms with Crippen LogP contribution in [0.4, 0.5) is 13.9 Å². The van der Waals surface area contributed by atoms with Crippen LogP contribution < -0.4 is 14.4 Å². The molecule has 0 spiro atoms. The molecule has 1 saturated heterocycles. The molecular formula is C33H23F2N3O5S2. The monoisotopic (exact) mass is 643 g/mol. The Hall–Kier alpha value is -5.07. The van der Waals surface area contributed by atoms with E-state index in [1.807, 2.05) is 18.2 Å². The van der Waals surface area contributed by atoms with E-state index in [0.29, 0.717) is 27.0 Å². The molecule has 1 atom stereocenters. The molecule has 1 aliphatic heterocycles. The highest BCUT2D eigenvalue weighted by Crippen LogP contribution is 2.45. The molecule has 4 aromatic carbocycles. The predicted molar refractivity (Wildman–Crippen MR) is 167 cm³/mol. The van der Waals surface area contributed by atoms with Crippen molar-refractivity contribution < 1.29 is 33.0 Å². The number of amides is 1. The van der Waals surface area contributed by atoms with Crippen LogP contribution >= 0.6 is 23.1 Å². The van der Waals surface area contributed by atoms with Gasteiger partial charge in [0, 0.05) is 11.3 Å². The summed E-state index contributed by atoms with van der Waals surface area (Å²) in [6, 6.07) is 24.7. The van der Waals surface area contributed by atoms with E-state index in [1.54, 1.807) is 54.6 Å². The number of halogens is 2. The van der Waals surface area contributed by atoms with Gasteiger partial charge in [0.2, 0.25) is 5.13 Å². The van der Waals surface area contributed by atoms with Gasteiger partial charge >= 0.3 is 5.91 Å². The van der Waals surface area contributed by atoms with Crippen LogP contribution in [0.25, 0.3) is 5.76 Å². The molecule has 1 N–H and O–H groups in total. The number of rotatable bonds is 9. The maximum atomic E-state index is 14.6. The van der Waals surface area contributed by atoms with Crippen molar-refractivity contribution in [3.8, 4) is 17.2 Å². The average molecular weight is 644 g/mol. The van der Waals surface area contributed by atoms with Crippen LogP contribution in [0.1, 0.15) is 22.7 Å². The SMILES string of the molecule is COc1ccc(/C(O)=C2/C(=O)C(=O)N(c3nnc(SCc4ccccc4F)s3)C2c2cccc(Oc3ccccc3)c2)cc1F. The first-order valence-electron chi connectivity index (χ1n) is 13.5. The average Bonchev–Trinajstić information content (AvgIpc) is 3.62. The van der Waals surface area contributed by atoms with Gasteiger partial charge in [0.25, 0.3) is 5.78 Å². The smallest absolute Gasteiger partial charge is 0.301 e. The Labute approximate surface area is 264 Å². The minimum absolute atomic E-state index is 0.0219. The summed E-state index contributed by atoms with van der Waals surface area (Å²) < 4.78 is 40.2. The lowest BCUT2D eigenvalue weighted by Gasteiger charge is -2.23. The third-order valence-electron chi connectivity index (χ3n) is 6.93. The first kappa shape index (κ1) is 30.0. The molecule has 12 heteroatoms. The molecular weight excluding hydrogens is 621 g/mol. The van der Waals surface area contributed by atoms with E-state index in [1.165, 1.54) is 37.1 Å². The quantitative estimate of drug-likeness (QED) is 0.0578. The number of methoxy groups -OCH3 is 1. The van der Waals surface area contributed by atoms with Crippen molar-refractivity contribution in [2.75, 3.05) is 12.0 Å². The number of carbonyl (C=O) groups is 2. The molecule has 1 aliphatic rings. The molecule has 1 aromatic heterocycles. The molecule has 2 heterocycles. The lowest BCUT2D eigenvalue weighted by Crippen LogP contribution is -2.29. The summed E-state index contributed by atoms with van der Waals surface area (Å²) in [5, 5.41) is 19.8. The first-order valence-corrected chi connectivity index (χ1v) is 15.3. The first-order chi connectivity index (χ1) is 21.8. The molecule has 1 fully saturated rings. The second-order valence-electron chi connectivity index (χ2n) is 9.74. The second-order valence-corrected chi connectivity index (χ2v) is 11.9. The third kappa shape index (κ3) is 6.15. The van der Waals surface area contributed by atoms with Crippen molar-refractivity contribution in [2.45, 2.75) is 16.1 Å². The van der Waals surface area contributed by atoms with E-state index < -0.39 is 29.3 Å². The summed E-state index contributed by atoms with van der Waals surface area (Å²) in [4.78, 5) is 28.3. The Morgan fingerprint density at radius 1 is 0.911 bits per heavy atom. The fraction of sp³-hybridized carbons (Fsp3) is 0.0909. The Bertz CT molecular complexity index is 1930. The zero-order valence-corrected chi connectivity index (χ0v) is 25.1. The lowest BCUT2D eigenvalue weighted by molar-refractivity contribution is -0.132. The zero-order chi connectivity index (χ0) is 31.5. The standard InChI is InChI=1S/C33H23F2N3O5S2/c1-42-26-15-14-20(17-25(26)35)29(39)27-28(19-9-7-12-23(16-19)43-22-10-3-2-4-11-22)38(31(41)30(27)40)32-36-37-33(45-32)44-18-21-8-5-6-13-24(21)34/h2-17,28,39H,18H2,1H3/b29-27-. The second kappa shape index (κ2) is 12.9. The highest BCUT2D eigenvalue weighted by atomic mass is 32.2. The van der Waals surface area contributed by atoms with Gasteiger partial charge in [-0.1, -0.05) is 71.6 Å².